The van der Waals surface area contributed by atoms with Crippen LogP contribution in [-0.2, 0) is 9.59 Å². The van der Waals surface area contributed by atoms with Gasteiger partial charge in [0.1, 0.15) is 6.04 Å². The first-order valence-electron chi connectivity index (χ1n) is 8.75. The lowest BCUT2D eigenvalue weighted by Crippen LogP contribution is -2.48. The minimum absolute atomic E-state index is 0.0742. The van der Waals surface area contributed by atoms with E-state index >= 15 is 0 Å². The maximum atomic E-state index is 12.1. The molecular weight excluding hydrogens is 310 g/mol. The number of carboxylic acid groups (broad SMARTS) is 1. The van der Waals surface area contributed by atoms with E-state index in [1.165, 1.54) is 0 Å². The van der Waals surface area contributed by atoms with Crippen molar-refractivity contribution in [2.45, 2.75) is 53.0 Å². The molecule has 1 heterocycles. The van der Waals surface area contributed by atoms with Crippen LogP contribution in [0, 0.1) is 17.8 Å². The first-order valence-corrected chi connectivity index (χ1v) is 8.75. The summed E-state index contributed by atoms with van der Waals surface area (Å²) in [6.45, 7) is 9.48. The normalized spacial score (nSPS) is 19.2. The Hall–Kier alpha value is -1.79. The van der Waals surface area contributed by atoms with Gasteiger partial charge >= 0.3 is 12.0 Å². The monoisotopic (exact) mass is 341 g/mol. The van der Waals surface area contributed by atoms with Gasteiger partial charge in [0.25, 0.3) is 0 Å². The number of hydrogen-bond donors (Lipinski definition) is 3. The highest BCUT2D eigenvalue weighted by molar-refractivity contribution is 5.83. The molecule has 0 spiro atoms. The molecule has 7 heteroatoms. The molecule has 2 atom stereocenters. The highest BCUT2D eigenvalue weighted by atomic mass is 16.4. The van der Waals surface area contributed by atoms with Gasteiger partial charge in [-0.25, -0.2) is 9.59 Å². The molecule has 1 fully saturated rings. The number of carboxylic acids is 1. The second-order valence-corrected chi connectivity index (χ2v) is 7.37. The summed E-state index contributed by atoms with van der Waals surface area (Å²) in [5.74, 6) is -0.979. The molecule has 0 bridgehead atoms. The number of urea groups is 1. The molecule has 0 aromatic carbocycles. The van der Waals surface area contributed by atoms with Gasteiger partial charge in [-0.1, -0.05) is 27.7 Å². The van der Waals surface area contributed by atoms with Crippen molar-refractivity contribution >= 4 is 17.9 Å². The van der Waals surface area contributed by atoms with E-state index < -0.39 is 12.0 Å². The standard InChI is InChI=1S/C17H31N3O4/c1-11(2)9-18-17(24)20-7-5-6-13(10-20)8-14(21)19-15(12(3)4)16(22)23/h11-13,15H,5-10H2,1-4H3,(H,18,24)(H,19,21)(H,22,23). The summed E-state index contributed by atoms with van der Waals surface area (Å²) in [5.41, 5.74) is 0. The van der Waals surface area contributed by atoms with Gasteiger partial charge in [0, 0.05) is 26.1 Å². The molecular formula is C17H31N3O4. The highest BCUT2D eigenvalue weighted by Crippen LogP contribution is 2.20. The Kier molecular flexibility index (Phi) is 8.01. The van der Waals surface area contributed by atoms with Crippen LogP contribution in [0.3, 0.4) is 0 Å². The van der Waals surface area contributed by atoms with Crippen molar-refractivity contribution in [3.63, 3.8) is 0 Å². The lowest BCUT2D eigenvalue weighted by molar-refractivity contribution is -0.143. The summed E-state index contributed by atoms with van der Waals surface area (Å²) in [7, 11) is 0. The summed E-state index contributed by atoms with van der Waals surface area (Å²) in [5, 5.41) is 14.6. The average molecular weight is 341 g/mol. The van der Waals surface area contributed by atoms with Crippen molar-refractivity contribution in [1.29, 1.82) is 0 Å². The van der Waals surface area contributed by atoms with Crippen LogP contribution < -0.4 is 10.6 Å². The molecule has 138 valence electrons. The first-order chi connectivity index (χ1) is 11.2. The quantitative estimate of drug-likeness (QED) is 0.656. The number of nitrogens with zero attached hydrogens (tertiary/aromatic N) is 1. The zero-order chi connectivity index (χ0) is 18.3. The number of piperidine rings is 1. The number of hydrogen-bond acceptors (Lipinski definition) is 3. The molecule has 1 aliphatic rings. The Morgan fingerprint density at radius 1 is 1.21 bits per heavy atom. The Labute approximate surface area is 144 Å². The van der Waals surface area contributed by atoms with E-state index in [2.05, 4.69) is 10.6 Å². The molecule has 3 amide bonds. The lowest BCUT2D eigenvalue weighted by Gasteiger charge is -2.33. The highest BCUT2D eigenvalue weighted by Gasteiger charge is 2.28. The minimum Gasteiger partial charge on any atom is -0.480 e. The molecule has 24 heavy (non-hydrogen) atoms. The third-order valence-electron chi connectivity index (χ3n) is 4.19. The molecule has 0 saturated carbocycles. The molecule has 0 aromatic heterocycles. The number of carbonyl (C=O) groups is 3. The van der Waals surface area contributed by atoms with Crippen LogP contribution in [0.1, 0.15) is 47.0 Å². The molecule has 0 aliphatic carbocycles. The van der Waals surface area contributed by atoms with E-state index in [0.29, 0.717) is 25.6 Å². The van der Waals surface area contributed by atoms with Gasteiger partial charge in [-0.3, -0.25) is 4.79 Å². The largest absolute Gasteiger partial charge is 0.480 e. The maximum absolute atomic E-state index is 12.1. The van der Waals surface area contributed by atoms with Crippen LogP contribution in [0.2, 0.25) is 0 Å². The molecule has 1 saturated heterocycles. The molecule has 0 aromatic rings. The fourth-order valence-corrected chi connectivity index (χ4v) is 2.83. The van der Waals surface area contributed by atoms with Crippen LogP contribution in [0.15, 0.2) is 0 Å². The third kappa shape index (κ3) is 6.76. The summed E-state index contributed by atoms with van der Waals surface area (Å²) >= 11 is 0. The molecule has 0 radical (unpaired) electrons. The van der Waals surface area contributed by atoms with E-state index in [4.69, 9.17) is 5.11 Å². The van der Waals surface area contributed by atoms with Crippen molar-refractivity contribution in [3.05, 3.63) is 0 Å². The molecule has 1 aliphatic heterocycles. The summed E-state index contributed by atoms with van der Waals surface area (Å²) in [4.78, 5) is 37.2. The van der Waals surface area contributed by atoms with Crippen molar-refractivity contribution < 1.29 is 19.5 Å². The van der Waals surface area contributed by atoms with Gasteiger partial charge in [0.05, 0.1) is 0 Å². The van der Waals surface area contributed by atoms with Crippen LogP contribution in [0.4, 0.5) is 4.79 Å². The van der Waals surface area contributed by atoms with Gasteiger partial charge in [-0.05, 0) is 30.6 Å². The van der Waals surface area contributed by atoms with Crippen LogP contribution in [0.5, 0.6) is 0 Å². The molecule has 1 rings (SSSR count). The van der Waals surface area contributed by atoms with E-state index in [-0.39, 0.29) is 30.2 Å². The van der Waals surface area contributed by atoms with Crippen molar-refractivity contribution in [1.82, 2.24) is 15.5 Å². The van der Waals surface area contributed by atoms with E-state index in [1.54, 1.807) is 18.7 Å². The van der Waals surface area contributed by atoms with Crippen molar-refractivity contribution in [2.75, 3.05) is 19.6 Å². The topological polar surface area (TPSA) is 98.7 Å². The second-order valence-electron chi connectivity index (χ2n) is 7.37. The van der Waals surface area contributed by atoms with Gasteiger partial charge in [-0.15, -0.1) is 0 Å². The summed E-state index contributed by atoms with van der Waals surface area (Å²) in [6.07, 6.45) is 1.99. The number of amides is 3. The van der Waals surface area contributed by atoms with Crippen LogP contribution in [0.25, 0.3) is 0 Å². The Morgan fingerprint density at radius 2 is 1.88 bits per heavy atom. The van der Waals surface area contributed by atoms with Gasteiger partial charge in [0.2, 0.25) is 5.91 Å². The number of likely N-dealkylation sites (tertiary alicyclic amines) is 1. The summed E-state index contributed by atoms with van der Waals surface area (Å²) in [6, 6.07) is -0.953. The van der Waals surface area contributed by atoms with E-state index in [1.807, 2.05) is 13.8 Å². The fraction of sp³-hybridized carbons (Fsp3) is 0.824. The van der Waals surface area contributed by atoms with Crippen LogP contribution in [-0.4, -0.2) is 53.6 Å². The van der Waals surface area contributed by atoms with Gasteiger partial charge < -0.3 is 20.6 Å². The van der Waals surface area contributed by atoms with Gasteiger partial charge in [-0.2, -0.15) is 0 Å². The van der Waals surface area contributed by atoms with E-state index in [0.717, 1.165) is 12.8 Å². The maximum Gasteiger partial charge on any atom is 0.326 e. The predicted molar refractivity (Wildman–Crippen MR) is 91.6 cm³/mol. The number of nitrogens with one attached hydrogen (secondary N) is 2. The van der Waals surface area contributed by atoms with Crippen LogP contribution >= 0.6 is 0 Å². The zero-order valence-electron chi connectivity index (χ0n) is 15.2. The van der Waals surface area contributed by atoms with Gasteiger partial charge in [0.15, 0.2) is 0 Å². The third-order valence-corrected chi connectivity index (χ3v) is 4.19. The zero-order valence-corrected chi connectivity index (χ0v) is 15.2. The lowest BCUT2D eigenvalue weighted by atomic mass is 9.94. The summed E-state index contributed by atoms with van der Waals surface area (Å²) < 4.78 is 0. The smallest absolute Gasteiger partial charge is 0.326 e. The SMILES string of the molecule is CC(C)CNC(=O)N1CCCC(CC(=O)NC(C(=O)O)C(C)C)C1. The first kappa shape index (κ1) is 20.3. The predicted octanol–water partition coefficient (Wildman–Crippen LogP) is 1.68. The Balaban J connectivity index is 2.48. The minimum atomic E-state index is -1.02. The fourth-order valence-electron chi connectivity index (χ4n) is 2.83. The van der Waals surface area contributed by atoms with E-state index in [9.17, 15) is 14.4 Å². The number of aliphatic carboxylic acids is 1. The van der Waals surface area contributed by atoms with Crippen molar-refractivity contribution in [2.24, 2.45) is 17.8 Å². The molecule has 3 N–H and O–H groups in total. The molecule has 7 nitrogen and oxygen atoms in total. The Morgan fingerprint density at radius 3 is 2.42 bits per heavy atom. The average Bonchev–Trinajstić information content (AvgIpc) is 2.49. The Bertz CT molecular complexity index is 451. The van der Waals surface area contributed by atoms with Crippen molar-refractivity contribution in [3.8, 4) is 0 Å². The number of carbonyl (C=O) groups excluding carboxylic acids is 2. The second kappa shape index (κ2) is 9.49. The molecule has 2 unspecified atom stereocenters. The number of rotatable bonds is 7.